The largest absolute Gasteiger partial charge is 0.494 e. The van der Waals surface area contributed by atoms with Gasteiger partial charge in [0.1, 0.15) is 11.4 Å². The summed E-state index contributed by atoms with van der Waals surface area (Å²) >= 11 is 6.36. The molecule has 2 amide bonds. The number of halogens is 1. The lowest BCUT2D eigenvalue weighted by Gasteiger charge is -2.37. The monoisotopic (exact) mass is 454 g/mol. The number of morpholine rings is 1. The number of imide groups is 1. The number of para-hydroxylation sites is 1. The van der Waals surface area contributed by atoms with E-state index in [4.69, 9.17) is 21.1 Å². The summed E-state index contributed by atoms with van der Waals surface area (Å²) in [6.07, 6.45) is 0.786. The Hall–Kier alpha value is -2.83. The van der Waals surface area contributed by atoms with Crippen LogP contribution in [-0.4, -0.2) is 48.6 Å². The topological polar surface area (TPSA) is 59.1 Å². The van der Waals surface area contributed by atoms with Crippen LogP contribution in [0, 0.1) is 0 Å². The third-order valence-corrected chi connectivity index (χ3v) is 5.82. The normalized spacial score (nSPS) is 21.5. The molecule has 2 aromatic carbocycles. The first-order chi connectivity index (χ1) is 15.4. The fourth-order valence-electron chi connectivity index (χ4n) is 4.22. The number of carbonyl (C=O) groups excluding carboxylic acids is 2. The fourth-order valence-corrected chi connectivity index (χ4v) is 4.44. The van der Waals surface area contributed by atoms with Gasteiger partial charge in [-0.05, 0) is 50.1 Å². The third-order valence-electron chi connectivity index (χ3n) is 5.50. The van der Waals surface area contributed by atoms with Crippen LogP contribution in [-0.2, 0) is 14.3 Å². The van der Waals surface area contributed by atoms with Crippen molar-refractivity contribution in [1.82, 2.24) is 4.90 Å². The number of amides is 2. The Morgan fingerprint density at radius 3 is 2.28 bits per heavy atom. The highest BCUT2D eigenvalue weighted by Crippen LogP contribution is 2.38. The second kappa shape index (κ2) is 9.35. The lowest BCUT2D eigenvalue weighted by Crippen LogP contribution is -2.47. The van der Waals surface area contributed by atoms with Crippen LogP contribution in [0.25, 0.3) is 5.57 Å². The summed E-state index contributed by atoms with van der Waals surface area (Å²) in [7, 11) is 0. The van der Waals surface area contributed by atoms with Crippen LogP contribution in [0.3, 0.4) is 0 Å². The van der Waals surface area contributed by atoms with E-state index in [9.17, 15) is 9.59 Å². The van der Waals surface area contributed by atoms with Crippen molar-refractivity contribution in [3.05, 3.63) is 64.8 Å². The van der Waals surface area contributed by atoms with Crippen LogP contribution in [0.15, 0.2) is 54.2 Å². The molecule has 0 N–H and O–H groups in total. The number of benzene rings is 2. The maximum atomic E-state index is 13.7. The maximum absolute atomic E-state index is 13.7. The van der Waals surface area contributed by atoms with Crippen molar-refractivity contribution in [2.75, 3.05) is 24.6 Å². The van der Waals surface area contributed by atoms with E-state index < -0.39 is 0 Å². The van der Waals surface area contributed by atoms with Crippen LogP contribution >= 0.6 is 11.6 Å². The Kier molecular flexibility index (Phi) is 6.53. The van der Waals surface area contributed by atoms with Gasteiger partial charge in [0.15, 0.2) is 0 Å². The summed E-state index contributed by atoms with van der Waals surface area (Å²) in [5, 5.41) is 0.349. The average Bonchev–Trinajstić information content (AvgIpc) is 3.02. The summed E-state index contributed by atoms with van der Waals surface area (Å²) in [6.45, 7) is 7.65. The predicted octanol–water partition coefficient (Wildman–Crippen LogP) is 4.52. The summed E-state index contributed by atoms with van der Waals surface area (Å²) in [5.41, 5.74) is 1.81. The predicted molar refractivity (Wildman–Crippen MR) is 125 cm³/mol. The number of nitrogens with zero attached hydrogens (tertiary/aromatic N) is 2. The molecule has 0 aromatic heterocycles. The molecular weight excluding hydrogens is 428 g/mol. The van der Waals surface area contributed by atoms with Crippen LogP contribution in [0.1, 0.15) is 32.8 Å². The molecule has 168 valence electrons. The number of rotatable bonds is 6. The molecule has 2 aromatic rings. The molecule has 7 heteroatoms. The Labute approximate surface area is 193 Å². The molecule has 2 atom stereocenters. The van der Waals surface area contributed by atoms with Crippen LogP contribution in [0.5, 0.6) is 5.75 Å². The smallest absolute Gasteiger partial charge is 0.282 e. The van der Waals surface area contributed by atoms with E-state index in [2.05, 4.69) is 0 Å². The van der Waals surface area contributed by atoms with Crippen molar-refractivity contribution >= 4 is 34.7 Å². The van der Waals surface area contributed by atoms with Gasteiger partial charge in [-0.15, -0.1) is 0 Å². The van der Waals surface area contributed by atoms with Gasteiger partial charge < -0.3 is 14.4 Å². The fraction of sp³-hybridized carbons (Fsp3) is 0.360. The van der Waals surface area contributed by atoms with Crippen molar-refractivity contribution in [2.45, 2.75) is 39.4 Å². The van der Waals surface area contributed by atoms with E-state index >= 15 is 0 Å². The number of carbonyl (C=O) groups is 2. The average molecular weight is 455 g/mol. The second-order valence-electron chi connectivity index (χ2n) is 8.16. The molecule has 0 saturated carbocycles. The molecule has 0 radical (unpaired) electrons. The van der Waals surface area contributed by atoms with E-state index in [0.29, 0.717) is 47.2 Å². The first-order valence-electron chi connectivity index (χ1n) is 10.9. The van der Waals surface area contributed by atoms with Crippen molar-refractivity contribution in [3.63, 3.8) is 0 Å². The number of hydrogen-bond acceptors (Lipinski definition) is 5. The minimum atomic E-state index is -0.382. The molecule has 0 spiro atoms. The van der Waals surface area contributed by atoms with E-state index in [1.54, 1.807) is 24.3 Å². The zero-order valence-electron chi connectivity index (χ0n) is 18.5. The van der Waals surface area contributed by atoms with Gasteiger partial charge in [0.2, 0.25) is 0 Å². The maximum Gasteiger partial charge on any atom is 0.282 e. The standard InChI is InChI=1S/C25H27ClN2O4/c1-4-13-31-19-11-9-18(10-12-19)22-23(27-14-16(2)32-17(3)15-27)25(30)28(24(22)29)21-8-6-5-7-20(21)26/h5-12,16-17H,4,13-15H2,1-3H3. The highest BCUT2D eigenvalue weighted by molar-refractivity contribution is 6.47. The summed E-state index contributed by atoms with van der Waals surface area (Å²) in [4.78, 5) is 30.4. The molecule has 1 fully saturated rings. The Balaban J connectivity index is 1.79. The zero-order valence-corrected chi connectivity index (χ0v) is 19.3. The SMILES string of the molecule is CCCOc1ccc(C2=C(N3CC(C)OC(C)C3)C(=O)N(c3ccccc3Cl)C2=O)cc1. The van der Waals surface area contributed by atoms with Gasteiger partial charge in [0.25, 0.3) is 11.8 Å². The molecule has 2 aliphatic heterocycles. The number of hydrogen-bond donors (Lipinski definition) is 0. The molecule has 0 bridgehead atoms. The summed E-state index contributed by atoms with van der Waals surface area (Å²) in [6, 6.07) is 14.2. The zero-order chi connectivity index (χ0) is 22.8. The van der Waals surface area contributed by atoms with Gasteiger partial charge in [-0.2, -0.15) is 0 Å². The van der Waals surface area contributed by atoms with Crippen molar-refractivity contribution < 1.29 is 19.1 Å². The van der Waals surface area contributed by atoms with E-state index in [0.717, 1.165) is 12.2 Å². The van der Waals surface area contributed by atoms with E-state index in [-0.39, 0.29) is 24.0 Å². The van der Waals surface area contributed by atoms with Crippen molar-refractivity contribution in [1.29, 1.82) is 0 Å². The Morgan fingerprint density at radius 2 is 1.66 bits per heavy atom. The molecule has 4 rings (SSSR count). The second-order valence-corrected chi connectivity index (χ2v) is 8.56. The molecule has 6 nitrogen and oxygen atoms in total. The number of ether oxygens (including phenoxy) is 2. The van der Waals surface area contributed by atoms with E-state index in [1.807, 2.05) is 49.9 Å². The van der Waals surface area contributed by atoms with Gasteiger partial charge in [0, 0.05) is 13.1 Å². The first-order valence-corrected chi connectivity index (χ1v) is 11.3. The third kappa shape index (κ3) is 4.25. The lowest BCUT2D eigenvalue weighted by molar-refractivity contribution is -0.121. The van der Waals surface area contributed by atoms with Gasteiger partial charge >= 0.3 is 0 Å². The van der Waals surface area contributed by atoms with Gasteiger partial charge in [0.05, 0.1) is 35.1 Å². The molecular formula is C25H27ClN2O4. The molecule has 2 aliphatic rings. The minimum absolute atomic E-state index is 0.0606. The lowest BCUT2D eigenvalue weighted by atomic mass is 10.0. The van der Waals surface area contributed by atoms with E-state index in [1.165, 1.54) is 4.90 Å². The Bertz CT molecular complexity index is 1040. The quantitative estimate of drug-likeness (QED) is 0.600. The summed E-state index contributed by atoms with van der Waals surface area (Å²) < 4.78 is 11.5. The summed E-state index contributed by atoms with van der Waals surface area (Å²) in [5.74, 6) is -0.0241. The van der Waals surface area contributed by atoms with Crippen molar-refractivity contribution in [2.24, 2.45) is 0 Å². The molecule has 2 unspecified atom stereocenters. The van der Waals surface area contributed by atoms with Gasteiger partial charge in [-0.25, -0.2) is 4.90 Å². The van der Waals surface area contributed by atoms with Crippen molar-refractivity contribution in [3.8, 4) is 5.75 Å². The molecule has 0 aliphatic carbocycles. The Morgan fingerprint density at radius 1 is 1.00 bits per heavy atom. The highest BCUT2D eigenvalue weighted by Gasteiger charge is 2.44. The van der Waals surface area contributed by atoms with Gasteiger partial charge in [-0.3, -0.25) is 9.59 Å². The molecule has 32 heavy (non-hydrogen) atoms. The van der Waals surface area contributed by atoms with Crippen LogP contribution in [0.2, 0.25) is 5.02 Å². The van der Waals surface area contributed by atoms with Crippen LogP contribution in [0.4, 0.5) is 5.69 Å². The van der Waals surface area contributed by atoms with Gasteiger partial charge in [-0.1, -0.05) is 42.8 Å². The minimum Gasteiger partial charge on any atom is -0.494 e. The van der Waals surface area contributed by atoms with Crippen LogP contribution < -0.4 is 9.64 Å². The molecule has 2 heterocycles. The number of anilines is 1. The first kappa shape index (κ1) is 22.4. The molecule has 1 saturated heterocycles. The highest BCUT2D eigenvalue weighted by atomic mass is 35.5.